The highest BCUT2D eigenvalue weighted by atomic mass is 16.4. The summed E-state index contributed by atoms with van der Waals surface area (Å²) in [6.45, 7) is 0. The third-order valence-electron chi connectivity index (χ3n) is 2.90. The minimum Gasteiger partial charge on any atom is -0.465 e. The van der Waals surface area contributed by atoms with Gasteiger partial charge in [-0.15, -0.1) is 0 Å². The zero-order valence-electron chi connectivity index (χ0n) is 7.37. The number of carbonyl (C=O) groups is 3. The summed E-state index contributed by atoms with van der Waals surface area (Å²) in [6.07, 6.45) is 0.0405. The molecule has 1 saturated heterocycles. The van der Waals surface area contributed by atoms with Gasteiger partial charge in [0.15, 0.2) is 0 Å². The highest BCUT2D eigenvalue weighted by Gasteiger charge is 2.53. The van der Waals surface area contributed by atoms with Gasteiger partial charge in [-0.25, -0.2) is 4.79 Å². The van der Waals surface area contributed by atoms with Gasteiger partial charge in [0, 0.05) is 5.92 Å². The molecule has 2 atom stereocenters. The second-order valence-corrected chi connectivity index (χ2v) is 3.77. The number of fused-ring (bicyclic) bond motifs is 2. The first-order valence-electron chi connectivity index (χ1n) is 4.40. The van der Waals surface area contributed by atoms with Crippen molar-refractivity contribution >= 4 is 17.9 Å². The van der Waals surface area contributed by atoms with Gasteiger partial charge in [0.1, 0.15) is 5.54 Å². The lowest BCUT2D eigenvalue weighted by atomic mass is 9.91. The predicted octanol–water partition coefficient (Wildman–Crippen LogP) is -0.551. The van der Waals surface area contributed by atoms with Crippen molar-refractivity contribution in [1.82, 2.24) is 10.6 Å². The third-order valence-corrected chi connectivity index (χ3v) is 2.90. The minimum atomic E-state index is -1.23. The van der Waals surface area contributed by atoms with Gasteiger partial charge in [0.2, 0.25) is 5.91 Å². The van der Waals surface area contributed by atoms with Crippen molar-refractivity contribution in [2.45, 2.75) is 24.8 Å². The van der Waals surface area contributed by atoms with Crippen LogP contribution >= 0.6 is 0 Å². The molecule has 2 fully saturated rings. The van der Waals surface area contributed by atoms with E-state index in [0.717, 1.165) is 0 Å². The minimum absolute atomic E-state index is 0.223. The van der Waals surface area contributed by atoms with Crippen LogP contribution in [0.4, 0.5) is 4.79 Å². The van der Waals surface area contributed by atoms with Crippen LogP contribution in [0.1, 0.15) is 19.3 Å². The number of hydrogen-bond acceptors (Lipinski definition) is 3. The Hall–Kier alpha value is -1.59. The summed E-state index contributed by atoms with van der Waals surface area (Å²) in [5.74, 6) is -1.02. The molecule has 6 nitrogen and oxygen atoms in total. The van der Waals surface area contributed by atoms with Crippen molar-refractivity contribution < 1.29 is 19.5 Å². The molecule has 0 aromatic heterocycles. The Balaban J connectivity index is 2.24. The van der Waals surface area contributed by atoms with Gasteiger partial charge in [0.05, 0.1) is 0 Å². The average molecular weight is 198 g/mol. The molecule has 2 aliphatic rings. The number of carbonyl (C=O) groups excluding carboxylic acids is 2. The number of hydrogen-bond donors (Lipinski definition) is 3. The summed E-state index contributed by atoms with van der Waals surface area (Å²) in [7, 11) is 0. The second-order valence-electron chi connectivity index (χ2n) is 3.77. The lowest BCUT2D eigenvalue weighted by molar-refractivity contribution is -0.139. The maximum Gasteiger partial charge on any atom is 0.405 e. The zero-order chi connectivity index (χ0) is 10.3. The Labute approximate surface area is 79.7 Å². The Morgan fingerprint density at radius 3 is 2.93 bits per heavy atom. The molecular formula is C8H10N2O4. The number of piperidine rings is 1. The summed E-state index contributed by atoms with van der Waals surface area (Å²) in [5, 5.41) is 13.0. The molecule has 6 heteroatoms. The van der Waals surface area contributed by atoms with E-state index < -0.39 is 17.5 Å². The van der Waals surface area contributed by atoms with E-state index in [1.54, 1.807) is 0 Å². The maximum absolute atomic E-state index is 11.5. The van der Waals surface area contributed by atoms with Gasteiger partial charge in [-0.05, 0) is 19.3 Å². The van der Waals surface area contributed by atoms with Gasteiger partial charge in [-0.3, -0.25) is 14.9 Å². The highest BCUT2D eigenvalue weighted by Crippen LogP contribution is 2.37. The summed E-state index contributed by atoms with van der Waals surface area (Å²) >= 11 is 0. The fraction of sp³-hybridized carbons (Fsp3) is 0.625. The monoisotopic (exact) mass is 198 g/mol. The van der Waals surface area contributed by atoms with E-state index in [2.05, 4.69) is 10.6 Å². The summed E-state index contributed by atoms with van der Waals surface area (Å²) < 4.78 is 0. The quantitative estimate of drug-likeness (QED) is 0.492. The molecule has 76 valence electrons. The van der Waals surface area contributed by atoms with Crippen molar-refractivity contribution in [3.8, 4) is 0 Å². The number of imide groups is 1. The number of carboxylic acid groups (broad SMARTS) is 1. The van der Waals surface area contributed by atoms with Gasteiger partial charge >= 0.3 is 6.09 Å². The van der Waals surface area contributed by atoms with E-state index in [1.807, 2.05) is 0 Å². The molecule has 0 radical (unpaired) electrons. The molecule has 2 bridgehead atoms. The molecule has 1 aliphatic heterocycles. The van der Waals surface area contributed by atoms with Crippen LogP contribution < -0.4 is 10.6 Å². The van der Waals surface area contributed by atoms with Gasteiger partial charge in [-0.2, -0.15) is 0 Å². The highest BCUT2D eigenvalue weighted by molar-refractivity contribution is 6.05. The summed E-state index contributed by atoms with van der Waals surface area (Å²) in [6, 6.07) is 0. The molecule has 14 heavy (non-hydrogen) atoms. The van der Waals surface area contributed by atoms with Crippen LogP contribution in [-0.2, 0) is 9.59 Å². The van der Waals surface area contributed by atoms with Crippen molar-refractivity contribution in [2.75, 3.05) is 0 Å². The number of rotatable bonds is 1. The summed E-state index contributed by atoms with van der Waals surface area (Å²) in [5.41, 5.74) is -1.07. The molecule has 1 aliphatic carbocycles. The van der Waals surface area contributed by atoms with E-state index in [-0.39, 0.29) is 11.8 Å². The SMILES string of the molecule is O=C(O)NC12CCC(C1)C(=O)NC2=O. The fourth-order valence-electron chi connectivity index (χ4n) is 2.18. The van der Waals surface area contributed by atoms with Crippen LogP contribution in [0.15, 0.2) is 0 Å². The van der Waals surface area contributed by atoms with E-state index in [9.17, 15) is 14.4 Å². The smallest absolute Gasteiger partial charge is 0.405 e. The van der Waals surface area contributed by atoms with E-state index in [0.29, 0.717) is 19.3 Å². The van der Waals surface area contributed by atoms with Crippen LogP contribution in [-0.4, -0.2) is 28.6 Å². The molecule has 2 unspecified atom stereocenters. The van der Waals surface area contributed by atoms with Crippen molar-refractivity contribution in [2.24, 2.45) is 5.92 Å². The van der Waals surface area contributed by atoms with E-state index in [4.69, 9.17) is 5.11 Å². The predicted molar refractivity (Wildman–Crippen MR) is 44.4 cm³/mol. The van der Waals surface area contributed by atoms with Gasteiger partial charge in [-0.1, -0.05) is 0 Å². The van der Waals surface area contributed by atoms with E-state index in [1.165, 1.54) is 0 Å². The third kappa shape index (κ3) is 1.14. The first kappa shape index (κ1) is 8.98. The molecular weight excluding hydrogens is 188 g/mol. The van der Waals surface area contributed by atoms with Gasteiger partial charge in [0.25, 0.3) is 5.91 Å². The molecule has 3 N–H and O–H groups in total. The standard InChI is InChI=1S/C8H10N2O4/c11-5-4-1-2-8(3-4,6(12)9-5)10-7(13)14/h4,10H,1-3H2,(H,13,14)(H,9,11,12). The first-order valence-corrected chi connectivity index (χ1v) is 4.40. The Kier molecular flexibility index (Phi) is 1.73. The molecule has 0 spiro atoms. The van der Waals surface area contributed by atoms with Crippen molar-refractivity contribution in [3.05, 3.63) is 0 Å². The maximum atomic E-state index is 11.5. The topological polar surface area (TPSA) is 95.5 Å². The Morgan fingerprint density at radius 2 is 2.29 bits per heavy atom. The molecule has 3 amide bonds. The fourth-order valence-corrected chi connectivity index (χ4v) is 2.18. The molecule has 2 rings (SSSR count). The summed E-state index contributed by atoms with van der Waals surface area (Å²) in [4.78, 5) is 33.1. The van der Waals surface area contributed by atoms with Crippen molar-refractivity contribution in [3.63, 3.8) is 0 Å². The van der Waals surface area contributed by atoms with Crippen LogP contribution in [0.2, 0.25) is 0 Å². The van der Waals surface area contributed by atoms with Crippen LogP contribution in [0.5, 0.6) is 0 Å². The lowest BCUT2D eigenvalue weighted by Gasteiger charge is -2.30. The Bertz CT molecular complexity index is 327. The van der Waals surface area contributed by atoms with Crippen LogP contribution in [0.25, 0.3) is 0 Å². The second kappa shape index (κ2) is 2.70. The molecule has 1 heterocycles. The molecule has 0 aromatic rings. The van der Waals surface area contributed by atoms with Gasteiger partial charge < -0.3 is 10.4 Å². The largest absolute Gasteiger partial charge is 0.465 e. The molecule has 0 aromatic carbocycles. The average Bonchev–Trinajstić information content (AvgIpc) is 2.43. The van der Waals surface area contributed by atoms with E-state index >= 15 is 0 Å². The number of amides is 3. The first-order chi connectivity index (χ1) is 6.53. The lowest BCUT2D eigenvalue weighted by Crippen LogP contribution is -2.61. The number of nitrogens with one attached hydrogen (secondary N) is 2. The van der Waals surface area contributed by atoms with Crippen LogP contribution in [0, 0.1) is 5.92 Å². The molecule has 1 saturated carbocycles. The normalized spacial score (nSPS) is 35.3. The zero-order valence-corrected chi connectivity index (χ0v) is 7.37. The Morgan fingerprint density at radius 1 is 1.57 bits per heavy atom. The van der Waals surface area contributed by atoms with Crippen LogP contribution in [0.3, 0.4) is 0 Å². The van der Waals surface area contributed by atoms with Crippen molar-refractivity contribution in [1.29, 1.82) is 0 Å².